The Morgan fingerprint density at radius 1 is 1.03 bits per heavy atom. The van der Waals surface area contributed by atoms with Gasteiger partial charge in [0.25, 0.3) is 5.91 Å². The van der Waals surface area contributed by atoms with E-state index in [2.05, 4.69) is 10.1 Å². The number of anilines is 1. The van der Waals surface area contributed by atoms with Crippen LogP contribution in [0.25, 0.3) is 5.69 Å². The van der Waals surface area contributed by atoms with Gasteiger partial charge in [0.2, 0.25) is 0 Å². The Bertz CT molecular complexity index is 1240. The molecule has 0 aliphatic heterocycles. The Kier molecular flexibility index (Phi) is 6.95. The van der Waals surface area contributed by atoms with Gasteiger partial charge in [0.15, 0.2) is 16.5 Å². The summed E-state index contributed by atoms with van der Waals surface area (Å²) in [5.41, 5.74) is 2.51. The summed E-state index contributed by atoms with van der Waals surface area (Å²) >= 11 is 1.30. The fourth-order valence-corrected chi connectivity index (χ4v) is 4.28. The van der Waals surface area contributed by atoms with Gasteiger partial charge in [0, 0.05) is 17.6 Å². The van der Waals surface area contributed by atoms with Crippen LogP contribution in [0.2, 0.25) is 0 Å². The number of hydrogen-bond donors (Lipinski definition) is 0. The lowest BCUT2D eigenvalue weighted by atomic mass is 10.1. The molecular formula is C25H24N4O3S. The number of hydrogen-bond acceptors (Lipinski definition) is 6. The largest absolute Gasteiger partial charge is 0.461 e. The van der Waals surface area contributed by atoms with Crippen LogP contribution in [0, 0.1) is 6.92 Å². The molecule has 1 amide bonds. The maximum absolute atomic E-state index is 13.5. The maximum atomic E-state index is 13.5. The summed E-state index contributed by atoms with van der Waals surface area (Å²) in [5, 5.41) is 4.94. The molecular weight excluding hydrogens is 436 g/mol. The summed E-state index contributed by atoms with van der Waals surface area (Å²) in [6.45, 7) is 4.21. The topological polar surface area (TPSA) is 77.3 Å². The van der Waals surface area contributed by atoms with Crippen molar-refractivity contribution in [2.75, 3.05) is 18.1 Å². The molecule has 0 bridgehead atoms. The van der Waals surface area contributed by atoms with Crippen molar-refractivity contribution in [3.63, 3.8) is 0 Å². The van der Waals surface area contributed by atoms with E-state index in [0.29, 0.717) is 28.7 Å². The molecule has 4 rings (SSSR count). The quantitative estimate of drug-likeness (QED) is 0.356. The fraction of sp³-hybridized carbons (Fsp3) is 0.200. The highest BCUT2D eigenvalue weighted by atomic mass is 32.1. The zero-order chi connectivity index (χ0) is 23.2. The monoisotopic (exact) mass is 460 g/mol. The molecule has 8 heteroatoms. The van der Waals surface area contributed by atoms with Gasteiger partial charge in [-0.3, -0.25) is 9.69 Å². The number of benzene rings is 2. The molecule has 0 atom stereocenters. The van der Waals surface area contributed by atoms with Crippen molar-refractivity contribution in [2.24, 2.45) is 0 Å². The molecule has 4 aromatic rings. The van der Waals surface area contributed by atoms with Gasteiger partial charge in [-0.15, -0.1) is 11.3 Å². The van der Waals surface area contributed by atoms with E-state index in [0.717, 1.165) is 11.3 Å². The van der Waals surface area contributed by atoms with Crippen LogP contribution in [-0.2, 0) is 11.2 Å². The number of nitrogens with zero attached hydrogens (tertiary/aromatic N) is 4. The summed E-state index contributed by atoms with van der Waals surface area (Å²) in [5.74, 6) is -0.758. The van der Waals surface area contributed by atoms with E-state index in [1.807, 2.05) is 60.7 Å². The van der Waals surface area contributed by atoms with Crippen molar-refractivity contribution in [1.82, 2.24) is 14.8 Å². The van der Waals surface area contributed by atoms with E-state index in [9.17, 15) is 9.59 Å². The number of amides is 1. The van der Waals surface area contributed by atoms with Gasteiger partial charge in [-0.1, -0.05) is 48.5 Å². The molecule has 2 aromatic heterocycles. The molecule has 0 aliphatic carbocycles. The molecule has 0 spiro atoms. The second-order valence-corrected chi connectivity index (χ2v) is 8.48. The van der Waals surface area contributed by atoms with Crippen LogP contribution in [-0.4, -0.2) is 39.8 Å². The molecule has 168 valence electrons. The highest BCUT2D eigenvalue weighted by Crippen LogP contribution is 2.28. The molecule has 0 saturated carbocycles. The summed E-state index contributed by atoms with van der Waals surface area (Å²) < 4.78 is 6.78. The zero-order valence-electron chi connectivity index (χ0n) is 18.5. The first-order chi connectivity index (χ1) is 16.1. The van der Waals surface area contributed by atoms with Crippen molar-refractivity contribution >= 4 is 28.3 Å². The van der Waals surface area contributed by atoms with E-state index in [4.69, 9.17) is 4.74 Å². The first-order valence-electron chi connectivity index (χ1n) is 10.7. The highest BCUT2D eigenvalue weighted by molar-refractivity contribution is 7.16. The molecule has 0 aliphatic rings. The van der Waals surface area contributed by atoms with Gasteiger partial charge in [0.05, 0.1) is 12.3 Å². The second-order valence-electron chi connectivity index (χ2n) is 7.30. The van der Waals surface area contributed by atoms with Crippen LogP contribution in [0.5, 0.6) is 0 Å². The molecule has 33 heavy (non-hydrogen) atoms. The molecule has 0 saturated heterocycles. The van der Waals surface area contributed by atoms with Gasteiger partial charge in [0.1, 0.15) is 0 Å². The van der Waals surface area contributed by atoms with Crippen molar-refractivity contribution in [2.45, 2.75) is 20.3 Å². The highest BCUT2D eigenvalue weighted by Gasteiger charge is 2.26. The van der Waals surface area contributed by atoms with Crippen LogP contribution in [0.4, 0.5) is 5.13 Å². The van der Waals surface area contributed by atoms with Gasteiger partial charge in [-0.2, -0.15) is 5.10 Å². The third-order valence-electron chi connectivity index (χ3n) is 5.03. The average molecular weight is 461 g/mol. The first kappa shape index (κ1) is 22.4. The summed E-state index contributed by atoms with van der Waals surface area (Å²) in [4.78, 5) is 32.6. The summed E-state index contributed by atoms with van der Waals surface area (Å²) in [7, 11) is 0. The SMILES string of the molecule is CCOC(=O)c1nc(N(CCc2ccccc2)C(=O)c2ccn(-c3ccccc3)n2)sc1C. The first-order valence-corrected chi connectivity index (χ1v) is 11.5. The molecule has 0 radical (unpaired) electrons. The lowest BCUT2D eigenvalue weighted by Gasteiger charge is -2.19. The Balaban J connectivity index is 1.64. The van der Waals surface area contributed by atoms with E-state index >= 15 is 0 Å². The minimum Gasteiger partial charge on any atom is -0.461 e. The average Bonchev–Trinajstić information content (AvgIpc) is 3.48. The Labute approximate surface area is 196 Å². The molecule has 0 fully saturated rings. The normalized spacial score (nSPS) is 10.7. The molecule has 2 aromatic carbocycles. The van der Waals surface area contributed by atoms with Gasteiger partial charge in [-0.05, 0) is 44.0 Å². The minimum atomic E-state index is -0.485. The number of carbonyl (C=O) groups is 2. The van der Waals surface area contributed by atoms with Crippen molar-refractivity contribution in [1.29, 1.82) is 0 Å². The number of aromatic nitrogens is 3. The Morgan fingerprint density at radius 2 is 1.73 bits per heavy atom. The predicted molar refractivity (Wildman–Crippen MR) is 128 cm³/mol. The zero-order valence-corrected chi connectivity index (χ0v) is 19.3. The lowest BCUT2D eigenvalue weighted by Crippen LogP contribution is -2.33. The number of esters is 1. The van der Waals surface area contributed by atoms with Crippen LogP contribution < -0.4 is 4.90 Å². The van der Waals surface area contributed by atoms with Crippen LogP contribution >= 0.6 is 11.3 Å². The molecule has 7 nitrogen and oxygen atoms in total. The van der Waals surface area contributed by atoms with Gasteiger partial charge in [-0.25, -0.2) is 14.5 Å². The van der Waals surface area contributed by atoms with E-state index < -0.39 is 5.97 Å². The van der Waals surface area contributed by atoms with E-state index in [1.54, 1.807) is 35.7 Å². The molecule has 2 heterocycles. The summed E-state index contributed by atoms with van der Waals surface area (Å²) in [6.07, 6.45) is 2.40. The molecule has 0 unspecified atom stereocenters. The maximum Gasteiger partial charge on any atom is 0.358 e. The van der Waals surface area contributed by atoms with E-state index in [-0.39, 0.29) is 18.2 Å². The number of aryl methyl sites for hydroxylation is 1. The second kappa shape index (κ2) is 10.2. The number of thiazole rings is 1. The van der Waals surface area contributed by atoms with Gasteiger partial charge >= 0.3 is 5.97 Å². The third kappa shape index (κ3) is 5.18. The standard InChI is InChI=1S/C25H24N4O3S/c1-3-32-24(31)22-18(2)33-25(26-22)28(16-14-19-10-6-4-7-11-19)23(30)21-15-17-29(27-21)20-12-8-5-9-13-20/h4-13,15,17H,3,14,16H2,1-2H3. The molecule has 0 N–H and O–H groups in total. The van der Waals surface area contributed by atoms with Crippen molar-refractivity contribution < 1.29 is 14.3 Å². The number of rotatable bonds is 8. The number of ether oxygens (including phenoxy) is 1. The van der Waals surface area contributed by atoms with Crippen LogP contribution in [0.3, 0.4) is 0 Å². The van der Waals surface area contributed by atoms with Gasteiger partial charge < -0.3 is 4.74 Å². The number of para-hydroxylation sites is 1. The minimum absolute atomic E-state index is 0.240. The van der Waals surface area contributed by atoms with Crippen LogP contribution in [0.1, 0.15) is 38.3 Å². The van der Waals surface area contributed by atoms with Crippen LogP contribution in [0.15, 0.2) is 72.9 Å². The van der Waals surface area contributed by atoms with Crippen molar-refractivity contribution in [3.05, 3.63) is 94.8 Å². The fourth-order valence-electron chi connectivity index (χ4n) is 3.36. The Morgan fingerprint density at radius 3 is 2.42 bits per heavy atom. The van der Waals surface area contributed by atoms with Crippen molar-refractivity contribution in [3.8, 4) is 5.69 Å². The predicted octanol–water partition coefficient (Wildman–Crippen LogP) is 4.70. The van der Waals surface area contributed by atoms with E-state index in [1.165, 1.54) is 11.3 Å². The Hall–Kier alpha value is -3.78. The number of carbonyl (C=O) groups excluding carboxylic acids is 2. The smallest absolute Gasteiger partial charge is 0.358 e. The lowest BCUT2D eigenvalue weighted by molar-refractivity contribution is 0.0519. The third-order valence-corrected chi connectivity index (χ3v) is 6.02. The summed E-state index contributed by atoms with van der Waals surface area (Å²) in [6, 6.07) is 21.2.